The maximum Gasteiger partial charge on any atom is 0.233 e. The summed E-state index contributed by atoms with van der Waals surface area (Å²) in [6.07, 6.45) is 2.80. The van der Waals surface area contributed by atoms with Crippen molar-refractivity contribution >= 4 is 21.8 Å². The number of ether oxygens (including phenoxy) is 1. The average Bonchev–Trinajstić information content (AvgIpc) is 3.22. The number of halogens is 1. The minimum Gasteiger partial charge on any atom is -0.364 e. The van der Waals surface area contributed by atoms with Crippen molar-refractivity contribution in [2.75, 3.05) is 13.1 Å². The van der Waals surface area contributed by atoms with Gasteiger partial charge in [0.05, 0.1) is 18.6 Å². The lowest BCUT2D eigenvalue weighted by molar-refractivity contribution is -0.134. The number of carbonyl (C=O) groups excluding carboxylic acids is 1. The van der Waals surface area contributed by atoms with Gasteiger partial charge in [-0.25, -0.2) is 0 Å². The van der Waals surface area contributed by atoms with Crippen LogP contribution in [-0.2, 0) is 27.2 Å². The topological polar surface area (TPSA) is 29.5 Å². The van der Waals surface area contributed by atoms with Gasteiger partial charge in [0.2, 0.25) is 5.91 Å². The highest BCUT2D eigenvalue weighted by Crippen LogP contribution is 2.52. The molecule has 5 rings (SSSR count). The van der Waals surface area contributed by atoms with Crippen LogP contribution in [0.5, 0.6) is 0 Å². The molecule has 3 nitrogen and oxygen atoms in total. The van der Waals surface area contributed by atoms with Gasteiger partial charge < -0.3 is 9.64 Å². The van der Waals surface area contributed by atoms with Crippen LogP contribution in [-0.4, -0.2) is 23.9 Å². The highest BCUT2D eigenvalue weighted by Gasteiger charge is 2.56. The van der Waals surface area contributed by atoms with Gasteiger partial charge in [-0.3, -0.25) is 4.79 Å². The molecule has 2 aliphatic heterocycles. The Labute approximate surface area is 156 Å². The van der Waals surface area contributed by atoms with E-state index in [9.17, 15) is 4.79 Å². The van der Waals surface area contributed by atoms with E-state index >= 15 is 0 Å². The van der Waals surface area contributed by atoms with Crippen molar-refractivity contribution in [3.63, 3.8) is 0 Å². The Balaban J connectivity index is 1.41. The van der Waals surface area contributed by atoms with Gasteiger partial charge in [-0.2, -0.15) is 0 Å². The molecule has 0 radical (unpaired) electrons. The van der Waals surface area contributed by atoms with Crippen molar-refractivity contribution in [3.8, 4) is 0 Å². The average molecular weight is 398 g/mol. The molecule has 2 aromatic carbocycles. The van der Waals surface area contributed by atoms with E-state index in [1.165, 1.54) is 11.1 Å². The zero-order valence-corrected chi connectivity index (χ0v) is 15.6. The fourth-order valence-electron chi connectivity index (χ4n) is 4.50. The van der Waals surface area contributed by atoms with E-state index in [1.807, 2.05) is 17.0 Å². The third kappa shape index (κ3) is 2.31. The largest absolute Gasteiger partial charge is 0.364 e. The third-order valence-corrected chi connectivity index (χ3v) is 6.62. The summed E-state index contributed by atoms with van der Waals surface area (Å²) in [5, 5.41) is 0. The lowest BCUT2D eigenvalue weighted by Crippen LogP contribution is -2.40. The molecule has 1 saturated heterocycles. The van der Waals surface area contributed by atoms with Crippen LogP contribution in [0.15, 0.2) is 53.0 Å². The van der Waals surface area contributed by atoms with Crippen molar-refractivity contribution < 1.29 is 9.53 Å². The standard InChI is InChI=1S/C21H20BrNO2/c22-17-7-5-16(6-8-17)20(9-10-20)19(24)23-12-11-21(14-23)18-4-2-1-3-15(18)13-25-21/h1-8H,9-14H2. The molecule has 1 spiro atoms. The van der Waals surface area contributed by atoms with Gasteiger partial charge in [0.25, 0.3) is 0 Å². The SMILES string of the molecule is O=C(N1CCC2(C1)OCc1ccccc12)C1(c2ccc(Br)cc2)CC1. The second-order valence-electron chi connectivity index (χ2n) is 7.51. The number of fused-ring (bicyclic) bond motifs is 2. The van der Waals surface area contributed by atoms with E-state index in [0.29, 0.717) is 13.2 Å². The highest BCUT2D eigenvalue weighted by atomic mass is 79.9. The van der Waals surface area contributed by atoms with Crippen molar-refractivity contribution in [2.45, 2.75) is 36.9 Å². The third-order valence-electron chi connectivity index (χ3n) is 6.09. The second-order valence-corrected chi connectivity index (χ2v) is 8.42. The lowest BCUT2D eigenvalue weighted by atomic mass is 9.91. The Bertz CT molecular complexity index is 843. The van der Waals surface area contributed by atoms with Crippen molar-refractivity contribution in [2.24, 2.45) is 0 Å². The van der Waals surface area contributed by atoms with Crippen molar-refractivity contribution in [1.82, 2.24) is 4.90 Å². The Morgan fingerprint density at radius 3 is 2.56 bits per heavy atom. The number of carbonyl (C=O) groups is 1. The van der Waals surface area contributed by atoms with Gasteiger partial charge in [-0.1, -0.05) is 52.3 Å². The fraction of sp³-hybridized carbons (Fsp3) is 0.381. The molecule has 0 bridgehead atoms. The number of nitrogens with zero attached hydrogens (tertiary/aromatic N) is 1. The molecule has 2 fully saturated rings. The van der Waals surface area contributed by atoms with Gasteiger partial charge in [0.15, 0.2) is 0 Å². The second kappa shape index (κ2) is 5.42. The zero-order chi connectivity index (χ0) is 17.1. The van der Waals surface area contributed by atoms with Crippen LogP contribution in [0.4, 0.5) is 0 Å². The van der Waals surface area contributed by atoms with Crippen LogP contribution in [0.1, 0.15) is 36.0 Å². The minimum absolute atomic E-state index is 0.277. The molecule has 2 aromatic rings. The number of likely N-dealkylation sites (tertiary alicyclic amines) is 1. The molecule has 1 amide bonds. The summed E-state index contributed by atoms with van der Waals surface area (Å²) in [7, 11) is 0. The molecule has 1 atom stereocenters. The first-order valence-corrected chi connectivity index (χ1v) is 9.70. The van der Waals surface area contributed by atoms with Crippen LogP contribution < -0.4 is 0 Å². The summed E-state index contributed by atoms with van der Waals surface area (Å²) >= 11 is 3.48. The first kappa shape index (κ1) is 15.6. The molecule has 1 saturated carbocycles. The highest BCUT2D eigenvalue weighted by molar-refractivity contribution is 9.10. The van der Waals surface area contributed by atoms with Crippen LogP contribution >= 0.6 is 15.9 Å². The normalized spacial score (nSPS) is 26.0. The molecule has 1 unspecified atom stereocenters. The summed E-state index contributed by atoms with van der Waals surface area (Å²) in [5.41, 5.74) is 3.10. The molecule has 128 valence electrons. The van der Waals surface area contributed by atoms with Crippen LogP contribution in [0.25, 0.3) is 0 Å². The maximum atomic E-state index is 13.3. The molecular weight excluding hydrogens is 378 g/mol. The van der Waals surface area contributed by atoms with Gasteiger partial charge >= 0.3 is 0 Å². The number of hydrogen-bond donors (Lipinski definition) is 0. The lowest BCUT2D eigenvalue weighted by Gasteiger charge is -2.27. The van der Waals surface area contributed by atoms with Crippen LogP contribution in [0.2, 0.25) is 0 Å². The molecule has 0 aromatic heterocycles. The molecular formula is C21H20BrNO2. The maximum absolute atomic E-state index is 13.3. The fourth-order valence-corrected chi connectivity index (χ4v) is 4.76. The van der Waals surface area contributed by atoms with Gasteiger partial charge in [-0.15, -0.1) is 0 Å². The Hall–Kier alpha value is -1.65. The van der Waals surface area contributed by atoms with E-state index in [4.69, 9.17) is 4.74 Å². The molecule has 4 heteroatoms. The van der Waals surface area contributed by atoms with E-state index in [1.54, 1.807) is 0 Å². The minimum atomic E-state index is -0.301. The van der Waals surface area contributed by atoms with E-state index in [0.717, 1.165) is 35.8 Å². The van der Waals surface area contributed by atoms with Crippen molar-refractivity contribution in [3.05, 3.63) is 69.7 Å². The Morgan fingerprint density at radius 2 is 1.80 bits per heavy atom. The first-order valence-electron chi connectivity index (χ1n) is 8.91. The first-order chi connectivity index (χ1) is 12.1. The van der Waals surface area contributed by atoms with Crippen molar-refractivity contribution in [1.29, 1.82) is 0 Å². The Morgan fingerprint density at radius 1 is 1.04 bits per heavy atom. The zero-order valence-electron chi connectivity index (χ0n) is 14.0. The summed E-state index contributed by atoms with van der Waals surface area (Å²) < 4.78 is 7.26. The predicted molar refractivity (Wildman–Crippen MR) is 99.2 cm³/mol. The molecule has 1 aliphatic carbocycles. The van der Waals surface area contributed by atoms with E-state index in [2.05, 4.69) is 52.3 Å². The van der Waals surface area contributed by atoms with Crippen LogP contribution in [0, 0.1) is 0 Å². The quantitative estimate of drug-likeness (QED) is 0.761. The number of amides is 1. The van der Waals surface area contributed by atoms with Crippen LogP contribution in [0.3, 0.4) is 0 Å². The smallest absolute Gasteiger partial charge is 0.233 e. The summed E-state index contributed by atoms with van der Waals surface area (Å²) in [5.74, 6) is 0.277. The monoisotopic (exact) mass is 397 g/mol. The van der Waals surface area contributed by atoms with E-state index < -0.39 is 0 Å². The molecule has 0 N–H and O–H groups in total. The predicted octanol–water partition coefficient (Wildman–Crippen LogP) is 4.14. The summed E-state index contributed by atoms with van der Waals surface area (Å²) in [6, 6.07) is 16.7. The molecule has 3 aliphatic rings. The van der Waals surface area contributed by atoms with Gasteiger partial charge in [-0.05, 0) is 48.1 Å². The number of rotatable bonds is 2. The van der Waals surface area contributed by atoms with E-state index in [-0.39, 0.29) is 16.9 Å². The molecule has 25 heavy (non-hydrogen) atoms. The summed E-state index contributed by atoms with van der Waals surface area (Å²) in [4.78, 5) is 15.4. The van der Waals surface area contributed by atoms with Gasteiger partial charge in [0.1, 0.15) is 5.60 Å². The number of hydrogen-bond acceptors (Lipinski definition) is 2. The Kier molecular flexibility index (Phi) is 3.38. The summed E-state index contributed by atoms with van der Waals surface area (Å²) in [6.45, 7) is 2.13. The van der Waals surface area contributed by atoms with Gasteiger partial charge in [0, 0.05) is 11.0 Å². The number of benzene rings is 2. The molecule has 2 heterocycles.